The monoisotopic (exact) mass is 440 g/mol. The van der Waals surface area contributed by atoms with Crippen LogP contribution in [0.4, 0.5) is 4.39 Å². The second-order valence-corrected chi connectivity index (χ2v) is 5.97. The fourth-order valence-electron chi connectivity index (χ4n) is 2.47. The predicted molar refractivity (Wildman–Crippen MR) is 83.3 cm³/mol. The third-order valence-electron chi connectivity index (χ3n) is 3.93. The molecule has 0 atom stereocenters. The molecule has 0 aromatic rings. The molecule has 0 radical (unpaired) electrons. The van der Waals surface area contributed by atoms with Gasteiger partial charge in [0.1, 0.15) is 0 Å². The first-order chi connectivity index (χ1) is 9.59. The molecule has 0 aliphatic carbocycles. The van der Waals surface area contributed by atoms with E-state index < -0.39 is 0 Å². The maximum absolute atomic E-state index is 14.0. The maximum Gasteiger partial charge on any atom is 4.00 e. The molecule has 1 aliphatic rings. The van der Waals surface area contributed by atoms with E-state index in [1.54, 1.807) is 4.90 Å². The first-order valence-electron chi connectivity index (χ1n) is 7.90. The van der Waals surface area contributed by atoms with Crippen molar-refractivity contribution >= 4 is 0 Å². The third-order valence-corrected chi connectivity index (χ3v) is 3.93. The first-order valence-corrected chi connectivity index (χ1v) is 7.90. The van der Waals surface area contributed by atoms with Gasteiger partial charge in [-0.05, 0) is 86.2 Å². The Morgan fingerprint density at radius 1 is 0.750 bits per heavy atom. The summed E-state index contributed by atoms with van der Waals surface area (Å²) in [5.74, 6) is 0. The molecule has 0 aromatic heterocycles. The Balaban J connectivity index is -0.000000500. The molecule has 0 unspecified atom stereocenters. The Bertz CT molecular complexity index is 259. The summed E-state index contributed by atoms with van der Waals surface area (Å²) in [5, 5.41) is 3.48. The molecule has 1 saturated heterocycles. The number of hydrogen-bond donors (Lipinski definition) is 1. The molecule has 0 bridgehead atoms. The summed E-state index contributed by atoms with van der Waals surface area (Å²) in [6, 6.07) is 0. The Kier molecular flexibility index (Phi) is 28.4. The van der Waals surface area contributed by atoms with E-state index in [1.165, 1.54) is 6.42 Å². The predicted octanol–water partition coefficient (Wildman–Crippen LogP) is -7.59. The molecular weight excluding hydrogens is 409 g/mol. The smallest absolute Gasteiger partial charge is 1.00 e. The van der Waals surface area contributed by atoms with Gasteiger partial charge in [0.25, 0.3) is 0 Å². The van der Waals surface area contributed by atoms with Gasteiger partial charge in [-0.15, -0.1) is 6.42 Å². The van der Waals surface area contributed by atoms with E-state index in [4.69, 9.17) is 0 Å². The van der Waals surface area contributed by atoms with Gasteiger partial charge in [0.2, 0.25) is 0 Å². The van der Waals surface area contributed by atoms with Crippen LogP contribution in [0.15, 0.2) is 0 Å². The van der Waals surface area contributed by atoms with Crippen molar-refractivity contribution in [3.05, 3.63) is 6.30 Å². The number of rotatable bonds is 0. The quantitative estimate of drug-likeness (QED) is 0.229. The molecule has 4 nitrogen and oxygen atoms in total. The van der Waals surface area contributed by atoms with Gasteiger partial charge < -0.3 is 61.6 Å². The van der Waals surface area contributed by atoms with E-state index in [1.807, 2.05) is 7.05 Å². The van der Waals surface area contributed by atoms with Crippen molar-refractivity contribution in [2.45, 2.75) is 25.7 Å². The van der Waals surface area contributed by atoms with Crippen molar-refractivity contribution < 1.29 is 63.3 Å². The van der Waals surface area contributed by atoms with E-state index >= 15 is 0 Å². The zero-order valence-electron chi connectivity index (χ0n) is 15.1. The summed E-state index contributed by atoms with van der Waals surface area (Å²) in [7, 11) is 6.09. The second kappa shape index (κ2) is 20.7. The second-order valence-electron chi connectivity index (χ2n) is 5.97. The van der Waals surface area contributed by atoms with Gasteiger partial charge in [-0.2, -0.15) is 0 Å². The van der Waals surface area contributed by atoms with E-state index in [0.717, 1.165) is 58.7 Å². The van der Waals surface area contributed by atoms with Crippen molar-refractivity contribution in [1.82, 2.24) is 20.0 Å². The molecule has 0 spiro atoms. The molecule has 1 rings (SSSR count). The van der Waals surface area contributed by atoms with E-state index in [0.29, 0.717) is 6.42 Å². The van der Waals surface area contributed by atoms with E-state index in [2.05, 4.69) is 29.2 Å². The molecule has 1 heterocycles. The Hall–Kier alpha value is 1.35. The third kappa shape index (κ3) is 16.8. The molecular formula is C15H32Cl3FN4Ti. The molecule has 1 fully saturated rings. The fraction of sp³-hybridized carbons (Fsp3) is 0.933. The van der Waals surface area contributed by atoms with E-state index in [-0.39, 0.29) is 65.2 Å². The topological polar surface area (TPSA) is 21.8 Å². The Labute approximate surface area is 181 Å². The fourth-order valence-corrected chi connectivity index (χ4v) is 2.47. The first kappa shape index (κ1) is 33.0. The summed E-state index contributed by atoms with van der Waals surface area (Å²) in [6.07, 6.45) is 3.87. The minimum absolute atomic E-state index is 0. The van der Waals surface area contributed by atoms with Crippen LogP contribution in [-0.4, -0.2) is 81.7 Å². The summed E-state index contributed by atoms with van der Waals surface area (Å²) < 4.78 is 14.0. The van der Waals surface area contributed by atoms with E-state index in [9.17, 15) is 4.39 Å². The molecule has 1 aliphatic heterocycles. The molecule has 1 N–H and O–H groups in total. The molecule has 24 heavy (non-hydrogen) atoms. The Morgan fingerprint density at radius 3 is 1.75 bits per heavy atom. The van der Waals surface area contributed by atoms with Gasteiger partial charge in [-0.25, -0.2) is 0 Å². The number of nitrogens with one attached hydrogen (secondary N) is 1. The van der Waals surface area contributed by atoms with Crippen LogP contribution < -0.4 is 42.5 Å². The molecule has 0 amide bonds. The largest absolute Gasteiger partial charge is 4.00 e. The molecule has 0 saturated carbocycles. The van der Waals surface area contributed by atoms with Gasteiger partial charge in [-0.1, -0.05) is 6.30 Å². The molecule has 0 aromatic carbocycles. The zero-order chi connectivity index (χ0) is 14.8. The summed E-state index contributed by atoms with van der Waals surface area (Å²) in [5.41, 5.74) is 0. The summed E-state index contributed by atoms with van der Waals surface area (Å²) in [6.45, 7) is 6.94. The van der Waals surface area contributed by atoms with Crippen LogP contribution in [0.5, 0.6) is 0 Å². The van der Waals surface area contributed by atoms with Gasteiger partial charge in [-0.3, -0.25) is 0 Å². The van der Waals surface area contributed by atoms with Crippen LogP contribution in [0.1, 0.15) is 25.7 Å². The number of hydrogen-bond acceptors (Lipinski definition) is 4. The van der Waals surface area contributed by atoms with Crippen molar-refractivity contribution in [1.29, 1.82) is 0 Å². The van der Waals surface area contributed by atoms with Gasteiger partial charge >= 0.3 is 21.7 Å². The van der Waals surface area contributed by atoms with Crippen molar-refractivity contribution in [3.63, 3.8) is 0 Å². The van der Waals surface area contributed by atoms with Crippen LogP contribution in [0.25, 0.3) is 0 Å². The zero-order valence-corrected chi connectivity index (χ0v) is 19.0. The van der Waals surface area contributed by atoms with Crippen molar-refractivity contribution in [2.24, 2.45) is 0 Å². The van der Waals surface area contributed by atoms with Crippen LogP contribution >= 0.6 is 0 Å². The number of halogens is 4. The minimum Gasteiger partial charge on any atom is -1.00 e. The van der Waals surface area contributed by atoms with Crippen molar-refractivity contribution in [2.75, 3.05) is 67.0 Å². The van der Waals surface area contributed by atoms with Crippen LogP contribution in [0.3, 0.4) is 0 Å². The maximum atomic E-state index is 14.0. The van der Waals surface area contributed by atoms with Gasteiger partial charge in [0.15, 0.2) is 0 Å². The number of nitrogens with zero attached hydrogens (tertiary/aromatic N) is 3. The Morgan fingerprint density at radius 2 is 1.21 bits per heavy atom. The average molecular weight is 442 g/mol. The average Bonchev–Trinajstić information content (AvgIpc) is 2.42. The normalized spacial score (nSPS) is 21.5. The van der Waals surface area contributed by atoms with Gasteiger partial charge in [0, 0.05) is 0 Å². The molecule has 9 heteroatoms. The summed E-state index contributed by atoms with van der Waals surface area (Å²) in [4.78, 5) is 6.33. The van der Waals surface area contributed by atoms with Crippen LogP contribution in [-0.2, 0) is 21.7 Å². The standard InChI is InChI=1S/C15H32FN4.3ClH.Ti/c1-18-10-4-8-17-9-5-11-19(2)14-7-15(16)20(3)13-6-12-18;;;;/h17H,4-14H2,1-3H3;3*1H;/q-1;;;;+4/p-3. The van der Waals surface area contributed by atoms with Gasteiger partial charge in [0.05, 0.1) is 0 Å². The van der Waals surface area contributed by atoms with Crippen molar-refractivity contribution in [3.8, 4) is 0 Å². The van der Waals surface area contributed by atoms with Crippen LogP contribution in [0.2, 0.25) is 0 Å². The molecule has 144 valence electrons. The summed E-state index contributed by atoms with van der Waals surface area (Å²) >= 11 is 0. The SMILES string of the molecule is CN1CCCNCCCN(C)CC[C-](F)N(C)CCC1.[Cl-].[Cl-].[Cl-].[Ti+4]. The van der Waals surface area contributed by atoms with Crippen LogP contribution in [0, 0.1) is 6.30 Å². The minimum atomic E-state index is 0.